The van der Waals surface area contributed by atoms with Crippen molar-refractivity contribution in [1.82, 2.24) is 15.2 Å². The third kappa shape index (κ3) is 4.19. The van der Waals surface area contributed by atoms with Crippen molar-refractivity contribution in [2.45, 2.75) is 45.7 Å². The number of thiazole rings is 1. The maximum atomic E-state index is 4.56. The molecule has 0 bridgehead atoms. The minimum atomic E-state index is 0. The molecule has 0 amide bonds. The van der Waals surface area contributed by atoms with Crippen LogP contribution in [0.5, 0.6) is 0 Å². The van der Waals surface area contributed by atoms with E-state index in [-0.39, 0.29) is 17.8 Å². The van der Waals surface area contributed by atoms with E-state index in [0.29, 0.717) is 6.04 Å². The average Bonchev–Trinajstić information content (AvgIpc) is 2.65. The molecule has 104 valence electrons. The molecule has 3 nitrogen and oxygen atoms in total. The zero-order valence-electron chi connectivity index (χ0n) is 11.7. The first-order valence-electron chi connectivity index (χ1n) is 6.36. The molecular weight excluding hydrogens is 266 g/mol. The monoisotopic (exact) mass is 289 g/mol. The van der Waals surface area contributed by atoms with Gasteiger partial charge >= 0.3 is 0 Å². The number of nitrogens with zero attached hydrogens (tertiary/aromatic N) is 2. The summed E-state index contributed by atoms with van der Waals surface area (Å²) < 4.78 is 0. The summed E-state index contributed by atoms with van der Waals surface area (Å²) in [6.45, 7) is 13.4. The number of halogens is 1. The van der Waals surface area contributed by atoms with Gasteiger partial charge in [0.05, 0.1) is 6.54 Å². The van der Waals surface area contributed by atoms with Gasteiger partial charge in [-0.2, -0.15) is 0 Å². The molecule has 1 aromatic heterocycles. The van der Waals surface area contributed by atoms with Crippen molar-refractivity contribution < 1.29 is 0 Å². The zero-order chi connectivity index (χ0) is 12.5. The molecule has 0 spiro atoms. The Morgan fingerprint density at radius 2 is 2.22 bits per heavy atom. The minimum Gasteiger partial charge on any atom is -0.312 e. The molecule has 1 aliphatic rings. The largest absolute Gasteiger partial charge is 0.312 e. The summed E-state index contributed by atoms with van der Waals surface area (Å²) in [6, 6.07) is 0.603. The SMILES string of the molecule is CC1CN(Cc2ncc(C(C)(C)C)s2)CCN1.Cl. The number of aromatic nitrogens is 1. The zero-order valence-corrected chi connectivity index (χ0v) is 13.3. The summed E-state index contributed by atoms with van der Waals surface area (Å²) in [5, 5.41) is 4.72. The van der Waals surface area contributed by atoms with Crippen molar-refractivity contribution in [2.24, 2.45) is 0 Å². The second kappa shape index (κ2) is 6.33. The number of hydrogen-bond acceptors (Lipinski definition) is 4. The van der Waals surface area contributed by atoms with E-state index in [1.807, 2.05) is 17.5 Å². The topological polar surface area (TPSA) is 28.2 Å². The highest BCUT2D eigenvalue weighted by atomic mass is 35.5. The van der Waals surface area contributed by atoms with Crippen molar-refractivity contribution in [3.8, 4) is 0 Å². The van der Waals surface area contributed by atoms with Gasteiger partial charge in [-0.05, 0) is 12.3 Å². The van der Waals surface area contributed by atoms with Crippen LogP contribution in [0, 0.1) is 0 Å². The summed E-state index contributed by atoms with van der Waals surface area (Å²) in [5.74, 6) is 0. The highest BCUT2D eigenvalue weighted by Crippen LogP contribution is 2.28. The molecule has 5 heteroatoms. The average molecular weight is 290 g/mol. The van der Waals surface area contributed by atoms with Gasteiger partial charge in [0.2, 0.25) is 0 Å². The van der Waals surface area contributed by atoms with Crippen molar-refractivity contribution in [2.75, 3.05) is 19.6 Å². The second-order valence-corrected chi connectivity index (χ2v) is 7.07. The van der Waals surface area contributed by atoms with Crippen molar-refractivity contribution in [3.05, 3.63) is 16.1 Å². The highest BCUT2D eigenvalue weighted by molar-refractivity contribution is 7.11. The van der Waals surface area contributed by atoms with Crippen LogP contribution in [0.25, 0.3) is 0 Å². The molecule has 1 fully saturated rings. The van der Waals surface area contributed by atoms with Gasteiger partial charge in [0.25, 0.3) is 0 Å². The molecule has 2 rings (SSSR count). The first-order chi connectivity index (χ1) is 7.95. The van der Waals surface area contributed by atoms with Gasteiger partial charge < -0.3 is 5.32 Å². The quantitative estimate of drug-likeness (QED) is 0.907. The van der Waals surface area contributed by atoms with Gasteiger partial charge in [-0.15, -0.1) is 23.7 Å². The van der Waals surface area contributed by atoms with Crippen molar-refractivity contribution >= 4 is 23.7 Å². The maximum absolute atomic E-state index is 4.56. The van der Waals surface area contributed by atoms with Crippen LogP contribution in [0.2, 0.25) is 0 Å². The van der Waals surface area contributed by atoms with Crippen LogP contribution in [0.15, 0.2) is 6.20 Å². The van der Waals surface area contributed by atoms with Crippen molar-refractivity contribution in [1.29, 1.82) is 0 Å². The molecule has 1 atom stereocenters. The van der Waals surface area contributed by atoms with Gasteiger partial charge in [-0.1, -0.05) is 20.8 Å². The summed E-state index contributed by atoms with van der Waals surface area (Å²) in [4.78, 5) is 8.44. The molecule has 1 N–H and O–H groups in total. The Kier molecular flexibility index (Phi) is 5.59. The number of nitrogens with one attached hydrogen (secondary N) is 1. The molecule has 1 aliphatic heterocycles. The predicted molar refractivity (Wildman–Crippen MR) is 80.8 cm³/mol. The second-order valence-electron chi connectivity index (χ2n) is 5.96. The minimum absolute atomic E-state index is 0. The molecule has 1 saturated heterocycles. The molecule has 1 unspecified atom stereocenters. The van der Waals surface area contributed by atoms with Gasteiger partial charge in [0, 0.05) is 36.8 Å². The van der Waals surface area contributed by atoms with E-state index in [9.17, 15) is 0 Å². The van der Waals surface area contributed by atoms with Gasteiger partial charge in [0.15, 0.2) is 0 Å². The molecule has 18 heavy (non-hydrogen) atoms. The molecule has 1 aromatic rings. The van der Waals surface area contributed by atoms with Gasteiger partial charge in [0.1, 0.15) is 5.01 Å². The summed E-state index contributed by atoms with van der Waals surface area (Å²) in [5.41, 5.74) is 0.229. The molecule has 0 aromatic carbocycles. The Morgan fingerprint density at radius 3 is 2.78 bits per heavy atom. The first-order valence-corrected chi connectivity index (χ1v) is 7.18. The Balaban J connectivity index is 0.00000162. The summed E-state index contributed by atoms with van der Waals surface area (Å²) in [6.07, 6.45) is 2.05. The third-order valence-corrected chi connectivity index (χ3v) is 4.51. The van der Waals surface area contributed by atoms with E-state index in [1.165, 1.54) is 9.88 Å². The Hall–Kier alpha value is -0.160. The lowest BCUT2D eigenvalue weighted by Crippen LogP contribution is -2.48. The van der Waals surface area contributed by atoms with E-state index in [2.05, 4.69) is 42.9 Å². The fourth-order valence-electron chi connectivity index (χ4n) is 2.08. The predicted octanol–water partition coefficient (Wildman–Crippen LogP) is 2.66. The third-order valence-electron chi connectivity index (χ3n) is 3.10. The van der Waals surface area contributed by atoms with E-state index in [4.69, 9.17) is 0 Å². The van der Waals surface area contributed by atoms with E-state index in [1.54, 1.807) is 0 Å². The lowest BCUT2D eigenvalue weighted by molar-refractivity contribution is 0.199. The Morgan fingerprint density at radius 1 is 1.50 bits per heavy atom. The van der Waals surface area contributed by atoms with Crippen molar-refractivity contribution in [3.63, 3.8) is 0 Å². The van der Waals surface area contributed by atoms with Crippen LogP contribution in [0.4, 0.5) is 0 Å². The number of piperazine rings is 1. The van der Waals surface area contributed by atoms with Gasteiger partial charge in [-0.25, -0.2) is 4.98 Å². The first kappa shape index (κ1) is 15.9. The van der Waals surface area contributed by atoms with Gasteiger partial charge in [-0.3, -0.25) is 4.90 Å². The molecule has 0 aliphatic carbocycles. The van der Waals surface area contributed by atoms with Crippen LogP contribution >= 0.6 is 23.7 Å². The molecule has 2 heterocycles. The Labute approximate surface area is 120 Å². The molecule has 0 radical (unpaired) electrons. The normalized spacial score (nSPS) is 21.7. The fraction of sp³-hybridized carbons (Fsp3) is 0.769. The molecular formula is C13H24ClN3S. The maximum Gasteiger partial charge on any atom is 0.107 e. The van der Waals surface area contributed by atoms with E-state index < -0.39 is 0 Å². The van der Waals surface area contributed by atoms with Crippen LogP contribution < -0.4 is 5.32 Å². The number of hydrogen-bond donors (Lipinski definition) is 1. The smallest absolute Gasteiger partial charge is 0.107 e. The fourth-order valence-corrected chi connectivity index (χ4v) is 3.10. The Bertz CT molecular complexity index is 373. The lowest BCUT2D eigenvalue weighted by Gasteiger charge is -2.31. The van der Waals surface area contributed by atoms with E-state index >= 15 is 0 Å². The van der Waals surface area contributed by atoms with Crippen LogP contribution in [0.3, 0.4) is 0 Å². The molecule has 0 saturated carbocycles. The summed E-state index contributed by atoms with van der Waals surface area (Å²) >= 11 is 1.86. The van der Waals surface area contributed by atoms with Crippen LogP contribution in [-0.2, 0) is 12.0 Å². The highest BCUT2D eigenvalue weighted by Gasteiger charge is 2.20. The van der Waals surface area contributed by atoms with Crippen LogP contribution in [-0.4, -0.2) is 35.6 Å². The van der Waals surface area contributed by atoms with E-state index in [0.717, 1.165) is 26.2 Å². The standard InChI is InChI=1S/C13H23N3S.ClH/c1-10-8-16(6-5-14-10)9-12-15-7-11(17-12)13(2,3)4;/h7,10,14H,5-6,8-9H2,1-4H3;1H. The number of rotatable bonds is 2. The van der Waals surface area contributed by atoms with Crippen LogP contribution in [0.1, 0.15) is 37.6 Å². The lowest BCUT2D eigenvalue weighted by atomic mass is 9.96. The summed E-state index contributed by atoms with van der Waals surface area (Å²) in [7, 11) is 0.